The van der Waals surface area contributed by atoms with Gasteiger partial charge in [0.25, 0.3) is 0 Å². The normalized spacial score (nSPS) is 15.8. The molecular weight excluding hydrogens is 234 g/mol. The van der Waals surface area contributed by atoms with Crippen LogP contribution in [-0.4, -0.2) is 29.6 Å². The van der Waals surface area contributed by atoms with Crippen LogP contribution in [0.3, 0.4) is 0 Å². The molecule has 0 bridgehead atoms. The highest BCUT2D eigenvalue weighted by Crippen LogP contribution is 2.33. The maximum atomic E-state index is 12.2. The van der Waals surface area contributed by atoms with Crippen molar-refractivity contribution < 1.29 is 19.1 Å². The standard InChI is InChI=1S/C13H13NO4/c1-18-13(17)10(11(15)8-4-5-8)12(16)9-3-2-6-14-7-9/h2-3,6-8,10H,4-5H2,1H3. The van der Waals surface area contributed by atoms with Gasteiger partial charge in [-0.2, -0.15) is 0 Å². The predicted molar refractivity (Wildman–Crippen MR) is 61.8 cm³/mol. The summed E-state index contributed by atoms with van der Waals surface area (Å²) in [5.41, 5.74) is 0.252. The molecule has 0 N–H and O–H groups in total. The van der Waals surface area contributed by atoms with Gasteiger partial charge in [0.05, 0.1) is 7.11 Å². The van der Waals surface area contributed by atoms with Gasteiger partial charge in [0, 0.05) is 23.9 Å². The summed E-state index contributed by atoms with van der Waals surface area (Å²) >= 11 is 0. The van der Waals surface area contributed by atoms with Crippen LogP contribution in [-0.2, 0) is 14.3 Å². The Hall–Kier alpha value is -2.04. The van der Waals surface area contributed by atoms with E-state index in [1.807, 2.05) is 0 Å². The van der Waals surface area contributed by atoms with Crippen LogP contribution in [0.5, 0.6) is 0 Å². The number of hydrogen-bond donors (Lipinski definition) is 0. The summed E-state index contributed by atoms with van der Waals surface area (Å²) < 4.78 is 4.55. The number of esters is 1. The van der Waals surface area contributed by atoms with E-state index in [-0.39, 0.29) is 17.3 Å². The van der Waals surface area contributed by atoms with Gasteiger partial charge in [-0.1, -0.05) is 0 Å². The molecule has 5 nitrogen and oxygen atoms in total. The zero-order valence-electron chi connectivity index (χ0n) is 9.96. The van der Waals surface area contributed by atoms with E-state index in [1.54, 1.807) is 6.07 Å². The SMILES string of the molecule is COC(=O)C(C(=O)c1cccnc1)C(=O)C1CC1. The molecule has 1 unspecified atom stereocenters. The minimum Gasteiger partial charge on any atom is -0.468 e. The van der Waals surface area contributed by atoms with E-state index >= 15 is 0 Å². The third-order valence-electron chi connectivity index (χ3n) is 2.91. The van der Waals surface area contributed by atoms with Crippen molar-refractivity contribution in [3.05, 3.63) is 30.1 Å². The zero-order valence-corrected chi connectivity index (χ0v) is 9.96. The second-order valence-electron chi connectivity index (χ2n) is 4.24. The Kier molecular flexibility index (Phi) is 3.50. The number of Topliss-reactive ketones (excluding diaryl/α,β-unsaturated/α-hetero) is 2. The van der Waals surface area contributed by atoms with E-state index < -0.39 is 17.7 Å². The number of aromatic nitrogens is 1. The largest absolute Gasteiger partial charge is 0.468 e. The summed E-state index contributed by atoms with van der Waals surface area (Å²) in [6, 6.07) is 3.12. The Bertz CT molecular complexity index is 479. The molecule has 1 aromatic rings. The van der Waals surface area contributed by atoms with Gasteiger partial charge in [-0.15, -0.1) is 0 Å². The number of hydrogen-bond acceptors (Lipinski definition) is 5. The number of ketones is 2. The van der Waals surface area contributed by atoms with Gasteiger partial charge in [0.2, 0.25) is 0 Å². The zero-order chi connectivity index (χ0) is 13.1. The van der Waals surface area contributed by atoms with E-state index in [0.29, 0.717) is 0 Å². The molecule has 1 aliphatic carbocycles. The molecule has 0 spiro atoms. The van der Waals surface area contributed by atoms with Gasteiger partial charge < -0.3 is 4.74 Å². The maximum Gasteiger partial charge on any atom is 0.324 e. The highest BCUT2D eigenvalue weighted by Gasteiger charge is 2.43. The molecule has 94 valence electrons. The quantitative estimate of drug-likeness (QED) is 0.441. The van der Waals surface area contributed by atoms with E-state index in [2.05, 4.69) is 9.72 Å². The summed E-state index contributed by atoms with van der Waals surface area (Å²) in [4.78, 5) is 39.6. The van der Waals surface area contributed by atoms with Crippen molar-refractivity contribution in [2.24, 2.45) is 11.8 Å². The summed E-state index contributed by atoms with van der Waals surface area (Å²) in [5.74, 6) is -3.18. The van der Waals surface area contributed by atoms with Crippen LogP contribution in [0.25, 0.3) is 0 Å². The van der Waals surface area contributed by atoms with Crippen molar-refractivity contribution in [1.82, 2.24) is 4.98 Å². The number of nitrogens with zero attached hydrogens (tertiary/aromatic N) is 1. The molecule has 1 aliphatic rings. The molecule has 1 atom stereocenters. The van der Waals surface area contributed by atoms with Crippen molar-refractivity contribution in [2.75, 3.05) is 7.11 Å². The molecule has 0 aliphatic heterocycles. The van der Waals surface area contributed by atoms with Gasteiger partial charge in [-0.25, -0.2) is 0 Å². The maximum absolute atomic E-state index is 12.2. The first-order valence-corrected chi connectivity index (χ1v) is 5.71. The average molecular weight is 247 g/mol. The number of rotatable bonds is 5. The molecular formula is C13H13NO4. The number of pyridine rings is 1. The van der Waals surface area contributed by atoms with Crippen LogP contribution in [0.4, 0.5) is 0 Å². The number of methoxy groups -OCH3 is 1. The second-order valence-corrected chi connectivity index (χ2v) is 4.24. The Morgan fingerprint density at radius 2 is 2.11 bits per heavy atom. The fourth-order valence-corrected chi connectivity index (χ4v) is 1.75. The van der Waals surface area contributed by atoms with Crippen LogP contribution in [0.15, 0.2) is 24.5 Å². The van der Waals surface area contributed by atoms with E-state index in [1.165, 1.54) is 25.6 Å². The minimum atomic E-state index is -1.34. The van der Waals surface area contributed by atoms with Crippen LogP contribution in [0.1, 0.15) is 23.2 Å². The second kappa shape index (κ2) is 5.08. The van der Waals surface area contributed by atoms with E-state index in [0.717, 1.165) is 12.8 Å². The molecule has 5 heteroatoms. The first-order valence-electron chi connectivity index (χ1n) is 5.71. The molecule has 1 heterocycles. The summed E-state index contributed by atoms with van der Waals surface area (Å²) in [6.45, 7) is 0. The lowest BCUT2D eigenvalue weighted by Crippen LogP contribution is -2.34. The lowest BCUT2D eigenvalue weighted by molar-refractivity contribution is -0.147. The van der Waals surface area contributed by atoms with Crippen molar-refractivity contribution >= 4 is 17.5 Å². The Morgan fingerprint density at radius 1 is 1.39 bits per heavy atom. The summed E-state index contributed by atoms with van der Waals surface area (Å²) in [7, 11) is 1.17. The highest BCUT2D eigenvalue weighted by atomic mass is 16.5. The Balaban J connectivity index is 2.26. The molecule has 1 aromatic heterocycles. The van der Waals surface area contributed by atoms with Gasteiger partial charge in [0.15, 0.2) is 17.5 Å². The average Bonchev–Trinajstić information content (AvgIpc) is 3.23. The predicted octanol–water partition coefficient (Wildman–Crippen LogP) is 1.03. The number of carbonyl (C=O) groups excluding carboxylic acids is 3. The fraction of sp³-hybridized carbons (Fsp3) is 0.385. The van der Waals surface area contributed by atoms with E-state index in [4.69, 9.17) is 0 Å². The smallest absolute Gasteiger partial charge is 0.324 e. The molecule has 0 radical (unpaired) electrons. The lowest BCUT2D eigenvalue weighted by atomic mass is 9.92. The first-order chi connectivity index (χ1) is 8.65. The Labute approximate surface area is 104 Å². The van der Waals surface area contributed by atoms with Gasteiger partial charge in [-0.05, 0) is 25.0 Å². The lowest BCUT2D eigenvalue weighted by Gasteiger charge is -2.11. The van der Waals surface area contributed by atoms with Gasteiger partial charge in [-0.3, -0.25) is 19.4 Å². The van der Waals surface area contributed by atoms with Gasteiger partial charge >= 0.3 is 5.97 Å². The fourth-order valence-electron chi connectivity index (χ4n) is 1.75. The topological polar surface area (TPSA) is 73.3 Å². The number of carbonyl (C=O) groups is 3. The minimum absolute atomic E-state index is 0.172. The number of ether oxygens (including phenoxy) is 1. The molecule has 0 saturated heterocycles. The highest BCUT2D eigenvalue weighted by molar-refractivity contribution is 6.23. The van der Waals surface area contributed by atoms with Crippen LogP contribution < -0.4 is 0 Å². The van der Waals surface area contributed by atoms with Crippen LogP contribution >= 0.6 is 0 Å². The van der Waals surface area contributed by atoms with Crippen molar-refractivity contribution in [3.8, 4) is 0 Å². The molecule has 0 aromatic carbocycles. The summed E-state index contributed by atoms with van der Waals surface area (Å²) in [6.07, 6.45) is 4.35. The molecule has 18 heavy (non-hydrogen) atoms. The third-order valence-corrected chi connectivity index (χ3v) is 2.91. The van der Waals surface area contributed by atoms with Crippen LogP contribution in [0.2, 0.25) is 0 Å². The first kappa shape index (κ1) is 12.4. The van der Waals surface area contributed by atoms with Crippen molar-refractivity contribution in [3.63, 3.8) is 0 Å². The van der Waals surface area contributed by atoms with Crippen molar-refractivity contribution in [2.45, 2.75) is 12.8 Å². The van der Waals surface area contributed by atoms with Gasteiger partial charge in [0.1, 0.15) is 0 Å². The van der Waals surface area contributed by atoms with E-state index in [9.17, 15) is 14.4 Å². The summed E-state index contributed by atoms with van der Waals surface area (Å²) in [5, 5.41) is 0. The molecule has 0 amide bonds. The van der Waals surface area contributed by atoms with Crippen LogP contribution in [0, 0.1) is 11.8 Å². The monoisotopic (exact) mass is 247 g/mol. The molecule has 1 saturated carbocycles. The Morgan fingerprint density at radius 3 is 2.61 bits per heavy atom. The molecule has 2 rings (SSSR count). The third kappa shape index (κ3) is 2.45. The van der Waals surface area contributed by atoms with Crippen molar-refractivity contribution in [1.29, 1.82) is 0 Å². The molecule has 1 fully saturated rings.